The molecule has 0 saturated heterocycles. The Kier molecular flexibility index (Phi) is 8.54. The molecule has 35 heavy (non-hydrogen) atoms. The van der Waals surface area contributed by atoms with Gasteiger partial charge in [-0.15, -0.1) is 0 Å². The lowest BCUT2D eigenvalue weighted by Crippen LogP contribution is -2.52. The van der Waals surface area contributed by atoms with Gasteiger partial charge in [0.1, 0.15) is 11.9 Å². The third-order valence-electron chi connectivity index (χ3n) is 6.52. The van der Waals surface area contributed by atoms with Crippen LogP contribution < -0.4 is 5.32 Å². The zero-order chi connectivity index (χ0) is 24.6. The van der Waals surface area contributed by atoms with Crippen molar-refractivity contribution in [3.8, 4) is 0 Å². The predicted molar refractivity (Wildman–Crippen MR) is 136 cm³/mol. The molecule has 2 amide bonds. The van der Waals surface area contributed by atoms with Crippen LogP contribution in [-0.2, 0) is 29.0 Å². The molecule has 0 bridgehead atoms. The fraction of sp³-hybridized carbons (Fsp3) is 0.310. The Morgan fingerprint density at radius 3 is 2.34 bits per heavy atom. The number of rotatable bonds is 9. The first-order chi connectivity index (χ1) is 17.0. The lowest BCUT2D eigenvalue weighted by molar-refractivity contribution is -0.141. The van der Waals surface area contributed by atoms with Gasteiger partial charge < -0.3 is 10.2 Å². The van der Waals surface area contributed by atoms with Crippen LogP contribution in [0.3, 0.4) is 0 Å². The molecule has 182 valence electrons. The third-order valence-corrected chi connectivity index (χ3v) is 6.75. The smallest absolute Gasteiger partial charge is 0.243 e. The van der Waals surface area contributed by atoms with Gasteiger partial charge >= 0.3 is 0 Å². The molecule has 1 N–H and O–H groups in total. The fourth-order valence-corrected chi connectivity index (χ4v) is 4.87. The van der Waals surface area contributed by atoms with Crippen molar-refractivity contribution >= 4 is 23.4 Å². The normalized spacial score (nSPS) is 14.5. The van der Waals surface area contributed by atoms with E-state index < -0.39 is 11.9 Å². The van der Waals surface area contributed by atoms with Gasteiger partial charge in [-0.1, -0.05) is 85.1 Å². The summed E-state index contributed by atoms with van der Waals surface area (Å²) in [6, 6.07) is 22.5. The fourth-order valence-electron chi connectivity index (χ4n) is 4.65. The first-order valence-electron chi connectivity index (χ1n) is 12.1. The average Bonchev–Trinajstić information content (AvgIpc) is 3.36. The minimum Gasteiger partial charge on any atom is -0.352 e. The molecule has 0 unspecified atom stereocenters. The van der Waals surface area contributed by atoms with Gasteiger partial charge in [0.15, 0.2) is 0 Å². The van der Waals surface area contributed by atoms with Crippen molar-refractivity contribution in [1.82, 2.24) is 10.2 Å². The van der Waals surface area contributed by atoms with Crippen LogP contribution in [0.4, 0.5) is 4.39 Å². The van der Waals surface area contributed by atoms with Crippen molar-refractivity contribution in [3.63, 3.8) is 0 Å². The van der Waals surface area contributed by atoms with Crippen LogP contribution in [0.5, 0.6) is 0 Å². The van der Waals surface area contributed by atoms with E-state index in [2.05, 4.69) is 5.32 Å². The van der Waals surface area contributed by atoms with Crippen molar-refractivity contribution in [1.29, 1.82) is 0 Å². The topological polar surface area (TPSA) is 49.4 Å². The van der Waals surface area contributed by atoms with E-state index in [1.54, 1.807) is 36.4 Å². The van der Waals surface area contributed by atoms with E-state index in [4.69, 9.17) is 11.6 Å². The van der Waals surface area contributed by atoms with E-state index in [-0.39, 0.29) is 30.8 Å². The van der Waals surface area contributed by atoms with Gasteiger partial charge in [-0.3, -0.25) is 9.59 Å². The average molecular weight is 493 g/mol. The summed E-state index contributed by atoms with van der Waals surface area (Å²) in [5.41, 5.74) is 2.06. The van der Waals surface area contributed by atoms with E-state index in [9.17, 15) is 14.0 Å². The van der Waals surface area contributed by atoms with E-state index in [1.165, 1.54) is 11.0 Å². The number of nitrogens with one attached hydrogen (secondary N) is 1. The summed E-state index contributed by atoms with van der Waals surface area (Å²) in [7, 11) is 0. The summed E-state index contributed by atoms with van der Waals surface area (Å²) in [5.74, 6) is -0.850. The summed E-state index contributed by atoms with van der Waals surface area (Å²) in [6.45, 7) is 0.00165. The highest BCUT2D eigenvalue weighted by Crippen LogP contribution is 2.21. The Hall–Kier alpha value is -3.18. The zero-order valence-electron chi connectivity index (χ0n) is 19.6. The SMILES string of the molecule is O=C(NC1CCCC1)[C@@H](Cc1ccccc1)N(Cc1ccccc1F)C(=O)Cc1cccc(Cl)c1. The molecule has 1 aliphatic carbocycles. The van der Waals surface area contributed by atoms with Crippen molar-refractivity contribution in [2.45, 2.75) is 57.2 Å². The van der Waals surface area contributed by atoms with Crippen LogP contribution in [0.2, 0.25) is 5.02 Å². The largest absolute Gasteiger partial charge is 0.352 e. The monoisotopic (exact) mass is 492 g/mol. The Labute approximate surface area is 211 Å². The first kappa shape index (κ1) is 24.9. The number of halogens is 2. The maximum absolute atomic E-state index is 14.7. The molecule has 4 nitrogen and oxygen atoms in total. The van der Waals surface area contributed by atoms with Gasteiger partial charge in [0.05, 0.1) is 6.42 Å². The molecule has 3 aromatic rings. The number of nitrogens with zero attached hydrogens (tertiary/aromatic N) is 1. The zero-order valence-corrected chi connectivity index (χ0v) is 20.4. The number of carbonyl (C=O) groups excluding carboxylic acids is 2. The molecule has 1 saturated carbocycles. The molecule has 1 aliphatic rings. The molecule has 1 fully saturated rings. The summed E-state index contributed by atoms with van der Waals surface area (Å²) in [4.78, 5) is 28.8. The van der Waals surface area contributed by atoms with Crippen molar-refractivity contribution in [2.75, 3.05) is 0 Å². The molecule has 4 rings (SSSR count). The van der Waals surface area contributed by atoms with Crippen molar-refractivity contribution < 1.29 is 14.0 Å². The van der Waals surface area contributed by atoms with Crippen LogP contribution >= 0.6 is 11.6 Å². The van der Waals surface area contributed by atoms with Gasteiger partial charge in [-0.2, -0.15) is 0 Å². The molecule has 0 aromatic heterocycles. The van der Waals surface area contributed by atoms with Crippen LogP contribution in [0.15, 0.2) is 78.9 Å². The number of carbonyl (C=O) groups is 2. The van der Waals surface area contributed by atoms with Gasteiger partial charge in [-0.25, -0.2) is 4.39 Å². The number of hydrogen-bond donors (Lipinski definition) is 1. The van der Waals surface area contributed by atoms with E-state index in [0.717, 1.165) is 36.8 Å². The highest BCUT2D eigenvalue weighted by molar-refractivity contribution is 6.30. The number of benzene rings is 3. The molecule has 1 atom stereocenters. The lowest BCUT2D eigenvalue weighted by atomic mass is 10.0. The molecule has 6 heteroatoms. The van der Waals surface area contributed by atoms with Gasteiger partial charge in [0.2, 0.25) is 11.8 Å². The quantitative estimate of drug-likeness (QED) is 0.415. The molecule has 0 spiro atoms. The van der Waals surface area contributed by atoms with Crippen LogP contribution in [0.25, 0.3) is 0 Å². The Bertz CT molecular complexity index is 1150. The van der Waals surface area contributed by atoms with Crippen molar-refractivity contribution in [2.24, 2.45) is 0 Å². The van der Waals surface area contributed by atoms with Crippen LogP contribution in [0.1, 0.15) is 42.4 Å². The molecule has 0 radical (unpaired) electrons. The highest BCUT2D eigenvalue weighted by Gasteiger charge is 2.32. The maximum atomic E-state index is 14.7. The minimum atomic E-state index is -0.774. The van der Waals surface area contributed by atoms with Gasteiger partial charge in [-0.05, 0) is 42.2 Å². The number of hydrogen-bond acceptors (Lipinski definition) is 2. The highest BCUT2D eigenvalue weighted by atomic mass is 35.5. The molecular weight excluding hydrogens is 463 g/mol. The van der Waals surface area contributed by atoms with Gasteiger partial charge in [0.25, 0.3) is 0 Å². The molecule has 0 heterocycles. The summed E-state index contributed by atoms with van der Waals surface area (Å²) in [6.07, 6.45) is 4.45. The molecule has 0 aliphatic heterocycles. The summed E-state index contributed by atoms with van der Waals surface area (Å²) >= 11 is 6.14. The standard InChI is InChI=1S/C29H30ClFN2O2/c30-24-13-8-11-22(17-24)19-28(34)33(20-23-12-4-7-16-26(23)31)27(18-21-9-2-1-3-10-21)29(35)32-25-14-5-6-15-25/h1-4,7-13,16-17,25,27H,5-6,14-15,18-20H2,(H,32,35)/t27-/m1/s1. The predicted octanol–water partition coefficient (Wildman–Crippen LogP) is 5.72. The summed E-state index contributed by atoms with van der Waals surface area (Å²) in [5, 5.41) is 3.70. The third kappa shape index (κ3) is 6.92. The Morgan fingerprint density at radius 2 is 1.63 bits per heavy atom. The maximum Gasteiger partial charge on any atom is 0.243 e. The molecule has 3 aromatic carbocycles. The Balaban J connectivity index is 1.67. The van der Waals surface area contributed by atoms with Crippen molar-refractivity contribution in [3.05, 3.63) is 106 Å². The van der Waals surface area contributed by atoms with E-state index >= 15 is 0 Å². The Morgan fingerprint density at radius 1 is 0.943 bits per heavy atom. The van der Waals surface area contributed by atoms with E-state index in [1.807, 2.05) is 36.4 Å². The van der Waals surface area contributed by atoms with E-state index in [0.29, 0.717) is 17.0 Å². The second-order valence-electron chi connectivity index (χ2n) is 9.12. The second kappa shape index (κ2) is 12.0. The minimum absolute atomic E-state index is 0.00165. The first-order valence-corrected chi connectivity index (χ1v) is 12.5. The molecular formula is C29H30ClFN2O2. The van der Waals surface area contributed by atoms with Crippen LogP contribution in [-0.4, -0.2) is 28.8 Å². The van der Waals surface area contributed by atoms with Gasteiger partial charge in [0, 0.05) is 29.6 Å². The van der Waals surface area contributed by atoms with Crippen LogP contribution in [0, 0.1) is 5.82 Å². The lowest BCUT2D eigenvalue weighted by Gasteiger charge is -2.32. The second-order valence-corrected chi connectivity index (χ2v) is 9.55. The number of amides is 2. The summed E-state index contributed by atoms with van der Waals surface area (Å²) < 4.78 is 14.7.